The summed E-state index contributed by atoms with van der Waals surface area (Å²) >= 11 is 0. The van der Waals surface area contributed by atoms with Crippen molar-refractivity contribution in [3.05, 3.63) is 67.1 Å². The van der Waals surface area contributed by atoms with Gasteiger partial charge in [-0.05, 0) is 51.0 Å². The van der Waals surface area contributed by atoms with Crippen LogP contribution in [0.4, 0.5) is 4.79 Å². The lowest BCUT2D eigenvalue weighted by Crippen LogP contribution is -2.55. The number of likely N-dealkylation sites (tertiary alicyclic amines) is 1. The number of rotatable bonds is 5. The second-order valence-electron chi connectivity index (χ2n) is 9.44. The first kappa shape index (κ1) is 21.9. The molecule has 1 unspecified atom stereocenters. The van der Waals surface area contributed by atoms with Crippen LogP contribution in [0.5, 0.6) is 5.75 Å². The maximum absolute atomic E-state index is 12.5. The van der Waals surface area contributed by atoms with Gasteiger partial charge in [0.2, 0.25) is 0 Å². The Balaban J connectivity index is 1.44. The maximum atomic E-state index is 12.5. The molecule has 1 fully saturated rings. The van der Waals surface area contributed by atoms with E-state index in [4.69, 9.17) is 9.47 Å². The van der Waals surface area contributed by atoms with E-state index < -0.39 is 5.60 Å². The molecule has 1 saturated heterocycles. The molecule has 3 aromatic heterocycles. The largest absolute Gasteiger partial charge is 0.489 e. The molecule has 0 saturated carbocycles. The number of nitrogens with one attached hydrogen (secondary N) is 1. The van der Waals surface area contributed by atoms with E-state index in [1.807, 2.05) is 57.2 Å². The van der Waals surface area contributed by atoms with Gasteiger partial charge in [-0.1, -0.05) is 30.3 Å². The van der Waals surface area contributed by atoms with Crippen LogP contribution in [-0.2, 0) is 4.74 Å². The van der Waals surface area contributed by atoms with E-state index in [-0.39, 0.29) is 12.1 Å². The standard InChI is InChI=1S/C27H28N4O3/c1-27(2,3)34-26(32)31-15-12-19(31)17-33-22-16-28-14-11-20(22)24-23(18-8-5-4-6-9-18)25-21(30-24)10-7-13-29-25/h4-11,13-14,16,19,30H,12,15,17H2,1-3H3. The van der Waals surface area contributed by atoms with Gasteiger partial charge in [0.25, 0.3) is 0 Å². The second-order valence-corrected chi connectivity index (χ2v) is 9.44. The molecule has 0 bridgehead atoms. The van der Waals surface area contributed by atoms with Crippen molar-refractivity contribution in [1.29, 1.82) is 0 Å². The van der Waals surface area contributed by atoms with Crippen LogP contribution in [-0.4, -0.2) is 50.7 Å². The fourth-order valence-electron chi connectivity index (χ4n) is 4.17. The summed E-state index contributed by atoms with van der Waals surface area (Å²) in [5.74, 6) is 0.655. The molecule has 7 nitrogen and oxygen atoms in total. The van der Waals surface area contributed by atoms with Crippen molar-refractivity contribution >= 4 is 17.1 Å². The van der Waals surface area contributed by atoms with Crippen LogP contribution in [0.3, 0.4) is 0 Å². The van der Waals surface area contributed by atoms with Crippen molar-refractivity contribution in [1.82, 2.24) is 19.9 Å². The first-order chi connectivity index (χ1) is 16.4. The summed E-state index contributed by atoms with van der Waals surface area (Å²) in [4.78, 5) is 26.7. The summed E-state index contributed by atoms with van der Waals surface area (Å²) in [6, 6.07) is 16.1. The summed E-state index contributed by atoms with van der Waals surface area (Å²) in [5.41, 5.74) is 5.25. The van der Waals surface area contributed by atoms with Gasteiger partial charge in [-0.2, -0.15) is 0 Å². The first-order valence-electron chi connectivity index (χ1n) is 11.5. The number of carbonyl (C=O) groups is 1. The minimum Gasteiger partial charge on any atom is -0.489 e. The molecule has 1 N–H and O–H groups in total. The number of aromatic nitrogens is 3. The Morgan fingerprint density at radius 3 is 2.68 bits per heavy atom. The molecule has 0 aliphatic carbocycles. The molecular weight excluding hydrogens is 428 g/mol. The minimum atomic E-state index is -0.522. The summed E-state index contributed by atoms with van der Waals surface area (Å²) in [5, 5.41) is 0. The minimum absolute atomic E-state index is 0.0270. The Bertz CT molecular complexity index is 1310. The molecule has 4 aromatic rings. The average molecular weight is 457 g/mol. The van der Waals surface area contributed by atoms with Crippen LogP contribution < -0.4 is 4.74 Å². The highest BCUT2D eigenvalue weighted by Crippen LogP contribution is 2.40. The molecule has 5 rings (SSSR count). The third-order valence-electron chi connectivity index (χ3n) is 5.87. The van der Waals surface area contributed by atoms with Crippen molar-refractivity contribution in [3.63, 3.8) is 0 Å². The Morgan fingerprint density at radius 2 is 1.94 bits per heavy atom. The summed E-state index contributed by atoms with van der Waals surface area (Å²) in [6.07, 6.45) is 5.86. The Labute approximate surface area is 198 Å². The average Bonchev–Trinajstić information content (AvgIpc) is 3.17. The fraction of sp³-hybridized carbons (Fsp3) is 0.296. The molecule has 1 aliphatic heterocycles. The summed E-state index contributed by atoms with van der Waals surface area (Å²) in [6.45, 7) is 6.67. The van der Waals surface area contributed by atoms with Gasteiger partial charge in [-0.25, -0.2) is 4.79 Å². The van der Waals surface area contributed by atoms with E-state index in [2.05, 4.69) is 27.1 Å². The normalized spacial score (nSPS) is 15.7. The van der Waals surface area contributed by atoms with Crippen LogP contribution in [0.2, 0.25) is 0 Å². The summed E-state index contributed by atoms with van der Waals surface area (Å²) < 4.78 is 11.8. The molecule has 1 aromatic carbocycles. The van der Waals surface area contributed by atoms with Gasteiger partial charge in [0.15, 0.2) is 0 Å². The van der Waals surface area contributed by atoms with Crippen LogP contribution in [0.15, 0.2) is 67.1 Å². The number of aromatic amines is 1. The number of nitrogens with zero attached hydrogens (tertiary/aromatic N) is 3. The topological polar surface area (TPSA) is 80.3 Å². The van der Waals surface area contributed by atoms with E-state index in [9.17, 15) is 4.79 Å². The molecule has 1 amide bonds. The summed E-state index contributed by atoms with van der Waals surface area (Å²) in [7, 11) is 0. The van der Waals surface area contributed by atoms with E-state index in [1.54, 1.807) is 23.5 Å². The van der Waals surface area contributed by atoms with Crippen LogP contribution in [0.25, 0.3) is 33.4 Å². The number of hydrogen-bond acceptors (Lipinski definition) is 5. The van der Waals surface area contributed by atoms with Gasteiger partial charge in [0.05, 0.1) is 29.0 Å². The monoisotopic (exact) mass is 456 g/mol. The lowest BCUT2D eigenvalue weighted by Gasteiger charge is -2.41. The van der Waals surface area contributed by atoms with Crippen molar-refractivity contribution in [2.45, 2.75) is 38.8 Å². The van der Waals surface area contributed by atoms with Gasteiger partial charge in [-0.15, -0.1) is 0 Å². The highest BCUT2D eigenvalue weighted by molar-refractivity contribution is 6.02. The van der Waals surface area contributed by atoms with Gasteiger partial charge in [0, 0.05) is 30.1 Å². The zero-order valence-electron chi connectivity index (χ0n) is 19.6. The lowest BCUT2D eigenvalue weighted by molar-refractivity contribution is -0.0141. The van der Waals surface area contributed by atoms with E-state index >= 15 is 0 Å². The van der Waals surface area contributed by atoms with Crippen LogP contribution >= 0.6 is 0 Å². The second kappa shape index (κ2) is 8.82. The zero-order valence-corrected chi connectivity index (χ0v) is 19.6. The number of benzene rings is 1. The Kier molecular flexibility index (Phi) is 5.69. The maximum Gasteiger partial charge on any atom is 0.410 e. The molecule has 0 radical (unpaired) electrons. The molecule has 34 heavy (non-hydrogen) atoms. The number of hydrogen-bond donors (Lipinski definition) is 1. The predicted octanol–water partition coefficient (Wildman–Crippen LogP) is 5.68. The van der Waals surface area contributed by atoms with Crippen molar-refractivity contribution in [2.24, 2.45) is 0 Å². The number of amides is 1. The van der Waals surface area contributed by atoms with Crippen LogP contribution in [0, 0.1) is 0 Å². The zero-order chi connectivity index (χ0) is 23.7. The van der Waals surface area contributed by atoms with E-state index in [1.165, 1.54) is 0 Å². The van der Waals surface area contributed by atoms with Crippen LogP contribution in [0.1, 0.15) is 27.2 Å². The smallest absolute Gasteiger partial charge is 0.410 e. The van der Waals surface area contributed by atoms with Gasteiger partial charge < -0.3 is 19.4 Å². The molecule has 7 heteroatoms. The van der Waals surface area contributed by atoms with E-state index in [0.29, 0.717) is 18.9 Å². The third kappa shape index (κ3) is 4.33. The molecule has 0 spiro atoms. The molecule has 174 valence electrons. The van der Waals surface area contributed by atoms with Gasteiger partial charge >= 0.3 is 6.09 Å². The van der Waals surface area contributed by atoms with Gasteiger partial charge in [0.1, 0.15) is 18.0 Å². The Morgan fingerprint density at radius 1 is 1.12 bits per heavy atom. The number of H-pyrrole nitrogens is 1. The predicted molar refractivity (Wildman–Crippen MR) is 132 cm³/mol. The number of carbonyl (C=O) groups excluding carboxylic acids is 1. The number of fused-ring (bicyclic) bond motifs is 1. The Hall–Kier alpha value is -3.87. The number of ether oxygens (including phenoxy) is 2. The SMILES string of the molecule is CC(C)(C)OC(=O)N1CCC1COc1cnccc1-c1[nH]c2cccnc2c1-c1ccccc1. The molecular formula is C27H28N4O3. The molecule has 4 heterocycles. The highest BCUT2D eigenvalue weighted by Gasteiger charge is 2.36. The molecule has 1 aliphatic rings. The van der Waals surface area contributed by atoms with Crippen molar-refractivity contribution in [2.75, 3.05) is 13.2 Å². The molecule has 1 atom stereocenters. The lowest BCUT2D eigenvalue weighted by atomic mass is 10.0. The van der Waals surface area contributed by atoms with Crippen molar-refractivity contribution < 1.29 is 14.3 Å². The number of pyridine rings is 2. The first-order valence-corrected chi connectivity index (χ1v) is 11.5. The fourth-order valence-corrected chi connectivity index (χ4v) is 4.17. The third-order valence-corrected chi connectivity index (χ3v) is 5.87. The van der Waals surface area contributed by atoms with Gasteiger partial charge in [-0.3, -0.25) is 9.97 Å². The highest BCUT2D eigenvalue weighted by atomic mass is 16.6. The van der Waals surface area contributed by atoms with Crippen molar-refractivity contribution in [3.8, 4) is 28.1 Å². The quantitative estimate of drug-likeness (QED) is 0.418. The van der Waals surface area contributed by atoms with E-state index in [0.717, 1.165) is 39.8 Å².